The van der Waals surface area contributed by atoms with E-state index in [9.17, 15) is 17.6 Å². The van der Waals surface area contributed by atoms with E-state index in [1.807, 2.05) is 0 Å². The molecule has 1 N–H and O–H groups in total. The highest BCUT2D eigenvalue weighted by atomic mass is 79.9. The Kier molecular flexibility index (Phi) is 4.68. The van der Waals surface area contributed by atoms with E-state index in [1.54, 1.807) is 0 Å². The minimum atomic E-state index is -4.49. The molecule has 0 aliphatic rings. The number of nitrogens with one attached hydrogen (secondary N) is 1. The van der Waals surface area contributed by atoms with Gasteiger partial charge in [0.2, 0.25) is 0 Å². The Hall–Kier alpha value is -1.40. The molecule has 21 heavy (non-hydrogen) atoms. The largest absolute Gasteiger partial charge is 0.416 e. The molecule has 0 amide bonds. The van der Waals surface area contributed by atoms with E-state index in [0.717, 1.165) is 6.07 Å². The van der Waals surface area contributed by atoms with Crippen molar-refractivity contribution in [3.8, 4) is 0 Å². The molecule has 0 saturated carbocycles. The molecule has 2 aromatic carbocycles. The van der Waals surface area contributed by atoms with Gasteiger partial charge in [-0.1, -0.05) is 34.1 Å². The molecule has 0 bridgehead atoms. The summed E-state index contributed by atoms with van der Waals surface area (Å²) in [5.74, 6) is -0.561. The van der Waals surface area contributed by atoms with Crippen molar-refractivity contribution in [3.63, 3.8) is 0 Å². The second-order valence-corrected chi connectivity index (χ2v) is 5.39. The van der Waals surface area contributed by atoms with E-state index < -0.39 is 23.6 Å². The lowest BCUT2D eigenvalue weighted by molar-refractivity contribution is -0.138. The molecule has 0 radical (unpaired) electrons. The van der Waals surface area contributed by atoms with E-state index in [4.69, 9.17) is 0 Å². The SMILES string of the molecule is CNC(c1cc(Br)ccc1F)c1ccccc1C(F)(F)F. The molecule has 0 saturated heterocycles. The first-order valence-corrected chi connectivity index (χ1v) is 6.92. The molecule has 6 heteroatoms. The Bertz CT molecular complexity index is 640. The van der Waals surface area contributed by atoms with Gasteiger partial charge in [-0.25, -0.2) is 4.39 Å². The van der Waals surface area contributed by atoms with Crippen LogP contribution in [-0.4, -0.2) is 7.05 Å². The van der Waals surface area contributed by atoms with Crippen molar-refractivity contribution in [1.82, 2.24) is 5.32 Å². The number of rotatable bonds is 3. The lowest BCUT2D eigenvalue weighted by Crippen LogP contribution is -2.23. The Morgan fingerprint density at radius 2 is 1.71 bits per heavy atom. The van der Waals surface area contributed by atoms with Crippen LogP contribution < -0.4 is 5.32 Å². The third kappa shape index (κ3) is 3.44. The average Bonchev–Trinajstić information content (AvgIpc) is 2.43. The summed E-state index contributed by atoms with van der Waals surface area (Å²) < 4.78 is 53.9. The van der Waals surface area contributed by atoms with Crippen molar-refractivity contribution < 1.29 is 17.6 Å². The number of hydrogen-bond acceptors (Lipinski definition) is 1. The monoisotopic (exact) mass is 361 g/mol. The van der Waals surface area contributed by atoms with Crippen LogP contribution in [0.3, 0.4) is 0 Å². The molecule has 0 aliphatic carbocycles. The Labute approximate surface area is 128 Å². The van der Waals surface area contributed by atoms with Gasteiger partial charge in [0.15, 0.2) is 0 Å². The smallest absolute Gasteiger partial charge is 0.309 e. The van der Waals surface area contributed by atoms with Crippen LogP contribution in [0.1, 0.15) is 22.7 Å². The van der Waals surface area contributed by atoms with Gasteiger partial charge in [-0.3, -0.25) is 0 Å². The number of hydrogen-bond donors (Lipinski definition) is 1. The van der Waals surface area contributed by atoms with Gasteiger partial charge in [0.25, 0.3) is 0 Å². The number of benzene rings is 2. The lowest BCUT2D eigenvalue weighted by Gasteiger charge is -2.22. The number of halogens is 5. The summed E-state index contributed by atoms with van der Waals surface area (Å²) in [6, 6.07) is 8.48. The van der Waals surface area contributed by atoms with E-state index in [-0.39, 0.29) is 11.1 Å². The van der Waals surface area contributed by atoms with Gasteiger partial charge in [0, 0.05) is 10.0 Å². The van der Waals surface area contributed by atoms with E-state index in [2.05, 4.69) is 21.2 Å². The molecule has 0 aromatic heterocycles. The van der Waals surface area contributed by atoms with Crippen LogP contribution in [0.25, 0.3) is 0 Å². The molecule has 0 spiro atoms. The van der Waals surface area contributed by atoms with E-state index in [1.165, 1.54) is 43.4 Å². The fourth-order valence-corrected chi connectivity index (χ4v) is 2.60. The molecule has 0 fully saturated rings. The normalized spacial score (nSPS) is 13.2. The fourth-order valence-electron chi connectivity index (χ4n) is 2.22. The third-order valence-electron chi connectivity index (χ3n) is 3.13. The first kappa shape index (κ1) is 16.0. The Balaban J connectivity index is 2.60. The number of alkyl halides is 3. The van der Waals surface area contributed by atoms with Crippen molar-refractivity contribution >= 4 is 15.9 Å². The van der Waals surface area contributed by atoms with E-state index >= 15 is 0 Å². The predicted octanol–water partition coefficient (Wildman–Crippen LogP) is 4.92. The van der Waals surface area contributed by atoms with Gasteiger partial charge in [-0.15, -0.1) is 0 Å². The first-order valence-electron chi connectivity index (χ1n) is 6.13. The summed E-state index contributed by atoms with van der Waals surface area (Å²) in [5, 5.41) is 2.75. The lowest BCUT2D eigenvalue weighted by atomic mass is 9.94. The van der Waals surface area contributed by atoms with Crippen LogP contribution in [0.4, 0.5) is 17.6 Å². The van der Waals surface area contributed by atoms with Crippen molar-refractivity contribution in [1.29, 1.82) is 0 Å². The maximum atomic E-state index is 14.0. The maximum Gasteiger partial charge on any atom is 0.416 e. The molecule has 1 atom stereocenters. The van der Waals surface area contributed by atoms with Gasteiger partial charge in [0.05, 0.1) is 11.6 Å². The summed E-state index contributed by atoms with van der Waals surface area (Å²) in [7, 11) is 1.50. The van der Waals surface area contributed by atoms with Crippen molar-refractivity contribution in [3.05, 3.63) is 69.4 Å². The highest BCUT2D eigenvalue weighted by Crippen LogP contribution is 2.37. The molecule has 2 rings (SSSR count). The summed E-state index contributed by atoms with van der Waals surface area (Å²) in [5.41, 5.74) is -0.628. The Morgan fingerprint density at radius 3 is 2.33 bits per heavy atom. The predicted molar refractivity (Wildman–Crippen MR) is 76.4 cm³/mol. The molecular weight excluding hydrogens is 350 g/mol. The maximum absolute atomic E-state index is 14.0. The van der Waals surface area contributed by atoms with Gasteiger partial charge in [0.1, 0.15) is 5.82 Å². The van der Waals surface area contributed by atoms with Gasteiger partial charge in [-0.2, -0.15) is 13.2 Å². The van der Waals surface area contributed by atoms with Crippen molar-refractivity contribution in [2.45, 2.75) is 12.2 Å². The second-order valence-electron chi connectivity index (χ2n) is 4.47. The minimum absolute atomic E-state index is 0.00972. The van der Waals surface area contributed by atoms with Crippen LogP contribution >= 0.6 is 15.9 Å². The zero-order chi connectivity index (χ0) is 15.6. The van der Waals surface area contributed by atoms with Gasteiger partial charge in [-0.05, 0) is 36.9 Å². The third-order valence-corrected chi connectivity index (χ3v) is 3.63. The standard InChI is InChI=1S/C15H12BrF4N/c1-21-14(11-8-9(16)6-7-13(11)17)10-4-2-3-5-12(10)15(18,19)20/h2-8,14,21H,1H3. The van der Waals surface area contributed by atoms with Crippen LogP contribution in [0.2, 0.25) is 0 Å². The zero-order valence-corrected chi connectivity index (χ0v) is 12.6. The Morgan fingerprint density at radius 1 is 1.05 bits per heavy atom. The summed E-state index contributed by atoms with van der Waals surface area (Å²) >= 11 is 3.21. The second kappa shape index (κ2) is 6.15. The summed E-state index contributed by atoms with van der Waals surface area (Å²) in [6.45, 7) is 0. The quantitative estimate of drug-likeness (QED) is 0.765. The first-order chi connectivity index (χ1) is 9.84. The fraction of sp³-hybridized carbons (Fsp3) is 0.200. The van der Waals surface area contributed by atoms with Crippen LogP contribution in [-0.2, 0) is 6.18 Å². The topological polar surface area (TPSA) is 12.0 Å². The van der Waals surface area contributed by atoms with Gasteiger partial charge < -0.3 is 5.32 Å². The van der Waals surface area contributed by atoms with Gasteiger partial charge >= 0.3 is 6.18 Å². The molecule has 1 nitrogen and oxygen atoms in total. The highest BCUT2D eigenvalue weighted by molar-refractivity contribution is 9.10. The van der Waals surface area contributed by atoms with Crippen LogP contribution in [0.5, 0.6) is 0 Å². The molecule has 0 heterocycles. The highest BCUT2D eigenvalue weighted by Gasteiger charge is 2.35. The molecule has 112 valence electrons. The molecule has 2 aromatic rings. The van der Waals surface area contributed by atoms with E-state index in [0.29, 0.717) is 4.47 Å². The summed E-state index contributed by atoms with van der Waals surface area (Å²) in [6.07, 6.45) is -4.49. The van der Waals surface area contributed by atoms with Crippen LogP contribution in [0.15, 0.2) is 46.9 Å². The minimum Gasteiger partial charge on any atom is -0.309 e. The molecular formula is C15H12BrF4N. The zero-order valence-electron chi connectivity index (χ0n) is 11.0. The van der Waals surface area contributed by atoms with Crippen LogP contribution in [0, 0.1) is 5.82 Å². The summed E-state index contributed by atoms with van der Waals surface area (Å²) in [4.78, 5) is 0. The van der Waals surface area contributed by atoms with Crippen molar-refractivity contribution in [2.75, 3.05) is 7.05 Å². The molecule has 1 unspecified atom stereocenters. The molecule has 0 aliphatic heterocycles. The average molecular weight is 362 g/mol. The van der Waals surface area contributed by atoms with Crippen molar-refractivity contribution in [2.24, 2.45) is 0 Å².